The summed E-state index contributed by atoms with van der Waals surface area (Å²) in [4.78, 5) is 3.53. The Kier molecular flexibility index (Phi) is 3.74. The molecular weight excluding hydrogens is 370 g/mol. The van der Waals surface area contributed by atoms with Crippen LogP contribution in [-0.4, -0.2) is 15.2 Å². The Morgan fingerprint density at radius 1 is 0.600 bits per heavy atom. The monoisotopic (exact) mass is 387 g/mol. The summed E-state index contributed by atoms with van der Waals surface area (Å²) in [5.74, 6) is 1.03. The first-order valence-corrected chi connectivity index (χ1v) is 9.86. The van der Waals surface area contributed by atoms with Gasteiger partial charge in [-0.05, 0) is 28.5 Å². The summed E-state index contributed by atoms with van der Waals surface area (Å²) in [6.07, 6.45) is 0. The lowest BCUT2D eigenvalue weighted by Gasteiger charge is -2.03. The van der Waals surface area contributed by atoms with Crippen LogP contribution in [-0.2, 0) is 0 Å². The quantitative estimate of drug-likeness (QED) is 0.367. The molecular formula is C26H17N3O. The summed E-state index contributed by atoms with van der Waals surface area (Å²) in [5.41, 5.74) is 4.96. The lowest BCUT2D eigenvalue weighted by atomic mass is 10.0. The number of H-pyrrole nitrogens is 1. The zero-order chi connectivity index (χ0) is 19.9. The van der Waals surface area contributed by atoms with Gasteiger partial charge in [0, 0.05) is 16.5 Å². The molecule has 4 nitrogen and oxygen atoms in total. The van der Waals surface area contributed by atoms with E-state index >= 15 is 0 Å². The van der Waals surface area contributed by atoms with Crippen LogP contribution in [0.5, 0.6) is 0 Å². The van der Waals surface area contributed by atoms with E-state index in [4.69, 9.17) is 4.42 Å². The molecule has 2 aromatic heterocycles. The maximum Gasteiger partial charge on any atom is 0.250 e. The topological polar surface area (TPSA) is 54.7 Å². The molecule has 4 heteroatoms. The molecule has 0 amide bonds. The van der Waals surface area contributed by atoms with E-state index in [2.05, 4.69) is 57.6 Å². The minimum Gasteiger partial charge on any atom is -0.416 e. The van der Waals surface area contributed by atoms with E-state index in [9.17, 15) is 0 Å². The highest BCUT2D eigenvalue weighted by atomic mass is 16.4. The van der Waals surface area contributed by atoms with Gasteiger partial charge in [-0.2, -0.15) is 0 Å². The van der Waals surface area contributed by atoms with E-state index in [1.54, 1.807) is 0 Å². The first-order valence-electron chi connectivity index (χ1n) is 9.86. The fourth-order valence-corrected chi connectivity index (χ4v) is 4.03. The Morgan fingerprint density at radius 3 is 2.20 bits per heavy atom. The van der Waals surface area contributed by atoms with Crippen LogP contribution in [0.1, 0.15) is 0 Å². The number of rotatable bonds is 3. The van der Waals surface area contributed by atoms with Gasteiger partial charge < -0.3 is 9.40 Å². The van der Waals surface area contributed by atoms with Crippen LogP contribution in [0.3, 0.4) is 0 Å². The summed E-state index contributed by atoms with van der Waals surface area (Å²) in [6.45, 7) is 0. The van der Waals surface area contributed by atoms with Crippen molar-refractivity contribution in [3.63, 3.8) is 0 Å². The lowest BCUT2D eigenvalue weighted by molar-refractivity contribution is 0.586. The van der Waals surface area contributed by atoms with Crippen molar-refractivity contribution < 1.29 is 4.42 Å². The van der Waals surface area contributed by atoms with Crippen molar-refractivity contribution in [2.75, 3.05) is 0 Å². The van der Waals surface area contributed by atoms with Crippen molar-refractivity contribution >= 4 is 21.7 Å². The number of para-hydroxylation sites is 1. The van der Waals surface area contributed by atoms with Crippen molar-refractivity contribution in [2.45, 2.75) is 0 Å². The van der Waals surface area contributed by atoms with Crippen molar-refractivity contribution in [3.8, 4) is 34.2 Å². The third-order valence-electron chi connectivity index (χ3n) is 5.43. The van der Waals surface area contributed by atoms with E-state index in [1.807, 2.05) is 54.6 Å². The third kappa shape index (κ3) is 2.62. The predicted molar refractivity (Wildman–Crippen MR) is 120 cm³/mol. The molecule has 4 aromatic carbocycles. The number of hydrogen-bond donors (Lipinski definition) is 1. The van der Waals surface area contributed by atoms with Crippen LogP contribution < -0.4 is 0 Å². The molecule has 0 fully saturated rings. The Bertz CT molecular complexity index is 1490. The average Bonchev–Trinajstić information content (AvgIpc) is 3.44. The molecule has 30 heavy (non-hydrogen) atoms. The summed E-state index contributed by atoms with van der Waals surface area (Å²) < 4.78 is 6.25. The second-order valence-electron chi connectivity index (χ2n) is 7.23. The zero-order valence-electron chi connectivity index (χ0n) is 16.0. The Morgan fingerprint density at radius 2 is 1.30 bits per heavy atom. The molecule has 6 aromatic rings. The van der Waals surface area contributed by atoms with Crippen molar-refractivity contribution in [2.24, 2.45) is 0 Å². The molecule has 0 spiro atoms. The van der Waals surface area contributed by atoms with Gasteiger partial charge in [-0.3, -0.25) is 0 Å². The summed E-state index contributed by atoms with van der Waals surface area (Å²) in [7, 11) is 0. The molecule has 0 saturated carbocycles. The van der Waals surface area contributed by atoms with Crippen LogP contribution in [0.15, 0.2) is 101 Å². The van der Waals surface area contributed by atoms with E-state index in [-0.39, 0.29) is 0 Å². The highest BCUT2D eigenvalue weighted by Gasteiger charge is 2.21. The van der Waals surface area contributed by atoms with Gasteiger partial charge in [0.15, 0.2) is 0 Å². The van der Waals surface area contributed by atoms with Crippen LogP contribution >= 0.6 is 0 Å². The van der Waals surface area contributed by atoms with E-state index in [0.717, 1.165) is 44.1 Å². The van der Waals surface area contributed by atoms with Gasteiger partial charge in [0.1, 0.15) is 0 Å². The lowest BCUT2D eigenvalue weighted by Crippen LogP contribution is -1.82. The molecule has 1 N–H and O–H groups in total. The molecule has 6 rings (SSSR count). The van der Waals surface area contributed by atoms with Crippen LogP contribution in [0, 0.1) is 0 Å². The van der Waals surface area contributed by atoms with E-state index in [1.165, 1.54) is 0 Å². The fraction of sp³-hybridized carbons (Fsp3) is 0. The number of fused-ring (bicyclic) bond motifs is 2. The van der Waals surface area contributed by atoms with Gasteiger partial charge in [-0.15, -0.1) is 10.2 Å². The summed E-state index contributed by atoms with van der Waals surface area (Å²) in [6, 6.07) is 32.8. The van der Waals surface area contributed by atoms with Gasteiger partial charge in [-0.25, -0.2) is 0 Å². The number of benzene rings is 4. The molecule has 0 aliphatic carbocycles. The average molecular weight is 387 g/mol. The van der Waals surface area contributed by atoms with Gasteiger partial charge >= 0.3 is 0 Å². The zero-order valence-corrected chi connectivity index (χ0v) is 16.0. The molecule has 0 aliphatic rings. The minimum atomic E-state index is 0.509. The van der Waals surface area contributed by atoms with E-state index in [0.29, 0.717) is 11.8 Å². The molecule has 2 heterocycles. The normalized spacial score (nSPS) is 11.3. The maximum absolute atomic E-state index is 6.25. The third-order valence-corrected chi connectivity index (χ3v) is 5.43. The first-order chi connectivity index (χ1) is 14.9. The predicted octanol–water partition coefficient (Wildman–Crippen LogP) is 6.71. The second-order valence-corrected chi connectivity index (χ2v) is 7.23. The fourth-order valence-electron chi connectivity index (χ4n) is 4.03. The van der Waals surface area contributed by atoms with Gasteiger partial charge in [0.05, 0.1) is 11.3 Å². The van der Waals surface area contributed by atoms with Gasteiger partial charge in [0.2, 0.25) is 5.89 Å². The summed E-state index contributed by atoms with van der Waals surface area (Å²) >= 11 is 0. The highest BCUT2D eigenvalue weighted by molar-refractivity contribution is 6.02. The number of nitrogens with one attached hydrogen (secondary N) is 1. The molecule has 0 atom stereocenters. The van der Waals surface area contributed by atoms with Crippen LogP contribution in [0.2, 0.25) is 0 Å². The van der Waals surface area contributed by atoms with Crippen molar-refractivity contribution in [1.29, 1.82) is 0 Å². The van der Waals surface area contributed by atoms with Crippen molar-refractivity contribution in [3.05, 3.63) is 97.1 Å². The number of nitrogens with zero attached hydrogens (tertiary/aromatic N) is 2. The molecule has 0 bridgehead atoms. The largest absolute Gasteiger partial charge is 0.416 e. The molecule has 0 aliphatic heterocycles. The van der Waals surface area contributed by atoms with Gasteiger partial charge in [0.25, 0.3) is 5.89 Å². The molecule has 142 valence electrons. The number of aromatic nitrogens is 3. The number of hydrogen-bond acceptors (Lipinski definition) is 3. The molecule has 0 unspecified atom stereocenters. The highest BCUT2D eigenvalue weighted by Crippen LogP contribution is 2.39. The molecule has 0 saturated heterocycles. The van der Waals surface area contributed by atoms with E-state index < -0.39 is 0 Å². The standard InChI is InChI=1S/C26H17N3O/c1-2-10-18(11-3-1)24-23(21-14-6-7-16-22(21)27-24)26-29-28-25(30-26)20-15-8-12-17-9-4-5-13-19(17)20/h1-16,27H. The molecule has 0 radical (unpaired) electrons. The smallest absolute Gasteiger partial charge is 0.250 e. The SMILES string of the molecule is c1ccc(-c2[nH]c3ccccc3c2-c2nnc(-c3cccc4ccccc34)o2)cc1. The second kappa shape index (κ2) is 6.71. The minimum absolute atomic E-state index is 0.509. The van der Waals surface area contributed by atoms with Gasteiger partial charge in [-0.1, -0.05) is 84.9 Å². The Labute approximate surface area is 172 Å². The Hall–Kier alpha value is -4.18. The van der Waals surface area contributed by atoms with Crippen LogP contribution in [0.4, 0.5) is 0 Å². The van der Waals surface area contributed by atoms with Crippen LogP contribution in [0.25, 0.3) is 55.8 Å². The van der Waals surface area contributed by atoms with Crippen molar-refractivity contribution in [1.82, 2.24) is 15.2 Å². The maximum atomic E-state index is 6.25. The number of aromatic amines is 1. The first kappa shape index (κ1) is 16.7. The Balaban J connectivity index is 1.57. The summed E-state index contributed by atoms with van der Waals surface area (Å²) in [5, 5.41) is 12.1.